The Labute approximate surface area is 193 Å². The second-order valence-corrected chi connectivity index (χ2v) is 8.15. The number of carbonyl (C=O) groups is 1. The number of hydrogen-bond donors (Lipinski definition) is 3. The van der Waals surface area contributed by atoms with Crippen molar-refractivity contribution in [1.29, 1.82) is 5.26 Å². The molecule has 2 atom stereocenters. The highest BCUT2D eigenvalue weighted by Gasteiger charge is 2.22. The highest BCUT2D eigenvalue weighted by molar-refractivity contribution is 5.94. The van der Waals surface area contributed by atoms with Crippen LogP contribution in [0.4, 0.5) is 5.82 Å². The Morgan fingerprint density at radius 3 is 2.48 bits per heavy atom. The van der Waals surface area contributed by atoms with Crippen molar-refractivity contribution in [3.05, 3.63) is 89.6 Å². The third-order valence-electron chi connectivity index (χ3n) is 5.67. The lowest BCUT2D eigenvalue weighted by molar-refractivity contribution is -0.118. The normalized spacial score (nSPS) is 15.0. The first-order valence-electron chi connectivity index (χ1n) is 11.0. The lowest BCUT2D eigenvalue weighted by atomic mass is 9.98. The second kappa shape index (κ2) is 10.7. The molecule has 1 aliphatic heterocycles. The second-order valence-electron chi connectivity index (χ2n) is 8.15. The molecule has 3 N–H and O–H groups in total. The summed E-state index contributed by atoms with van der Waals surface area (Å²) in [4.78, 5) is 17.5. The van der Waals surface area contributed by atoms with E-state index in [1.54, 1.807) is 12.3 Å². The molecule has 1 saturated heterocycles. The lowest BCUT2D eigenvalue weighted by Crippen LogP contribution is -2.50. The standard InChI is InChI=1S/C26H27N5O2/c1-18(20-9-7-19(13-27)8-10-20)14-30-25(21-5-3-2-4-6-21)26(32)31-24-12-11-22(17-29-24)33-23-15-28-16-23/h2-12,17-18,23,25,28,30H,14-16H2,1H3,(H,29,31,32)/t18-,25?/m1/s1. The number of aromatic nitrogens is 1. The summed E-state index contributed by atoms with van der Waals surface area (Å²) in [5.41, 5.74) is 2.61. The lowest BCUT2D eigenvalue weighted by Gasteiger charge is -2.27. The van der Waals surface area contributed by atoms with E-state index in [0.717, 1.165) is 24.2 Å². The van der Waals surface area contributed by atoms with Crippen LogP contribution in [0.2, 0.25) is 0 Å². The van der Waals surface area contributed by atoms with E-state index in [1.165, 1.54) is 0 Å². The van der Waals surface area contributed by atoms with Gasteiger partial charge in [0.05, 0.1) is 17.8 Å². The number of pyridine rings is 1. The van der Waals surface area contributed by atoms with Gasteiger partial charge in [0.1, 0.15) is 23.7 Å². The van der Waals surface area contributed by atoms with Gasteiger partial charge in [0.25, 0.3) is 0 Å². The molecule has 4 rings (SSSR count). The maximum atomic E-state index is 13.2. The van der Waals surface area contributed by atoms with Crippen LogP contribution in [0.1, 0.15) is 35.6 Å². The summed E-state index contributed by atoms with van der Waals surface area (Å²) in [5.74, 6) is 1.14. The van der Waals surface area contributed by atoms with E-state index < -0.39 is 6.04 Å². The number of ether oxygens (including phenoxy) is 1. The Hall–Kier alpha value is -3.73. The predicted octanol–water partition coefficient (Wildman–Crippen LogP) is 3.38. The molecule has 7 heteroatoms. The molecule has 0 radical (unpaired) electrons. The van der Waals surface area contributed by atoms with E-state index in [0.29, 0.717) is 23.7 Å². The van der Waals surface area contributed by atoms with Crippen LogP contribution in [0.3, 0.4) is 0 Å². The highest BCUT2D eigenvalue weighted by Crippen LogP contribution is 2.20. The smallest absolute Gasteiger partial charge is 0.247 e. The first-order chi connectivity index (χ1) is 16.1. The number of nitriles is 1. The average Bonchev–Trinajstić information content (AvgIpc) is 2.83. The molecule has 2 aromatic carbocycles. The Kier molecular flexibility index (Phi) is 7.30. The van der Waals surface area contributed by atoms with Crippen molar-refractivity contribution in [2.24, 2.45) is 0 Å². The average molecular weight is 442 g/mol. The van der Waals surface area contributed by atoms with Gasteiger partial charge in [-0.25, -0.2) is 4.98 Å². The fourth-order valence-electron chi connectivity index (χ4n) is 3.57. The number of rotatable bonds is 9. The minimum Gasteiger partial charge on any atom is -0.486 e. The molecular weight excluding hydrogens is 414 g/mol. The van der Waals surface area contributed by atoms with Crippen LogP contribution in [-0.2, 0) is 4.79 Å². The quantitative estimate of drug-likeness (QED) is 0.471. The largest absolute Gasteiger partial charge is 0.486 e. The Morgan fingerprint density at radius 2 is 1.88 bits per heavy atom. The van der Waals surface area contributed by atoms with Gasteiger partial charge in [-0.3, -0.25) is 4.79 Å². The molecule has 0 bridgehead atoms. The van der Waals surface area contributed by atoms with E-state index in [1.807, 2.05) is 60.7 Å². The number of anilines is 1. The topological polar surface area (TPSA) is 99.1 Å². The Bertz CT molecular complexity index is 1090. The molecule has 33 heavy (non-hydrogen) atoms. The molecule has 168 valence electrons. The zero-order valence-electron chi connectivity index (χ0n) is 18.5. The fraction of sp³-hybridized carbons (Fsp3) is 0.269. The monoisotopic (exact) mass is 441 g/mol. The Balaban J connectivity index is 1.41. The van der Waals surface area contributed by atoms with Crippen LogP contribution in [-0.4, -0.2) is 36.6 Å². The number of benzene rings is 2. The minimum atomic E-state index is -0.536. The SMILES string of the molecule is C[C@H](CNC(C(=O)Nc1ccc(OC2CNC2)cn1)c1ccccc1)c1ccc(C#N)cc1. The maximum absolute atomic E-state index is 13.2. The maximum Gasteiger partial charge on any atom is 0.247 e. The number of nitrogens with zero attached hydrogens (tertiary/aromatic N) is 2. The van der Waals surface area contributed by atoms with Crippen molar-refractivity contribution in [2.75, 3.05) is 25.0 Å². The minimum absolute atomic E-state index is 0.160. The van der Waals surface area contributed by atoms with Crippen LogP contribution in [0.15, 0.2) is 72.9 Å². The summed E-state index contributed by atoms with van der Waals surface area (Å²) < 4.78 is 5.78. The molecule has 1 aromatic heterocycles. The van der Waals surface area contributed by atoms with Crippen LogP contribution in [0.25, 0.3) is 0 Å². The zero-order valence-corrected chi connectivity index (χ0v) is 18.5. The first-order valence-corrected chi connectivity index (χ1v) is 11.0. The van der Waals surface area contributed by atoms with Crippen LogP contribution in [0, 0.1) is 11.3 Å². The summed E-state index contributed by atoms with van der Waals surface area (Å²) >= 11 is 0. The molecule has 1 amide bonds. The number of amides is 1. The summed E-state index contributed by atoms with van der Waals surface area (Å²) in [6.07, 6.45) is 1.81. The van der Waals surface area contributed by atoms with Gasteiger partial charge < -0.3 is 20.7 Å². The van der Waals surface area contributed by atoms with Gasteiger partial charge in [-0.05, 0) is 41.3 Å². The summed E-state index contributed by atoms with van der Waals surface area (Å²) in [5, 5.41) is 18.5. The molecule has 1 unspecified atom stereocenters. The molecule has 1 aliphatic rings. The summed E-state index contributed by atoms with van der Waals surface area (Å²) in [6, 6.07) is 22.3. The molecule has 3 aromatic rings. The van der Waals surface area contributed by atoms with Crippen LogP contribution < -0.4 is 20.7 Å². The molecule has 0 aliphatic carbocycles. The van der Waals surface area contributed by atoms with Crippen molar-refractivity contribution >= 4 is 11.7 Å². The number of carbonyl (C=O) groups excluding carboxylic acids is 1. The Morgan fingerprint density at radius 1 is 1.12 bits per heavy atom. The first kappa shape index (κ1) is 22.5. The van der Waals surface area contributed by atoms with Crippen molar-refractivity contribution in [3.8, 4) is 11.8 Å². The number of nitrogens with one attached hydrogen (secondary N) is 3. The van der Waals surface area contributed by atoms with Gasteiger partial charge in [0.15, 0.2) is 0 Å². The van der Waals surface area contributed by atoms with Crippen molar-refractivity contribution in [1.82, 2.24) is 15.6 Å². The summed E-state index contributed by atoms with van der Waals surface area (Å²) in [7, 11) is 0. The van der Waals surface area contributed by atoms with E-state index in [9.17, 15) is 4.79 Å². The van der Waals surface area contributed by atoms with E-state index in [4.69, 9.17) is 10.00 Å². The molecule has 2 heterocycles. The molecule has 0 spiro atoms. The predicted molar refractivity (Wildman–Crippen MR) is 127 cm³/mol. The van der Waals surface area contributed by atoms with Crippen LogP contribution >= 0.6 is 0 Å². The van der Waals surface area contributed by atoms with Gasteiger partial charge in [-0.2, -0.15) is 5.26 Å². The number of hydrogen-bond acceptors (Lipinski definition) is 6. The van der Waals surface area contributed by atoms with Crippen LogP contribution in [0.5, 0.6) is 5.75 Å². The van der Waals surface area contributed by atoms with Gasteiger partial charge in [0.2, 0.25) is 5.91 Å². The highest BCUT2D eigenvalue weighted by atomic mass is 16.5. The van der Waals surface area contributed by atoms with E-state index >= 15 is 0 Å². The zero-order chi connectivity index (χ0) is 23.0. The fourth-order valence-corrected chi connectivity index (χ4v) is 3.57. The van der Waals surface area contributed by atoms with Crippen molar-refractivity contribution < 1.29 is 9.53 Å². The van der Waals surface area contributed by atoms with Gasteiger partial charge in [0, 0.05) is 19.6 Å². The molecule has 7 nitrogen and oxygen atoms in total. The van der Waals surface area contributed by atoms with E-state index in [2.05, 4.69) is 33.9 Å². The van der Waals surface area contributed by atoms with Crippen molar-refractivity contribution in [3.63, 3.8) is 0 Å². The van der Waals surface area contributed by atoms with Gasteiger partial charge >= 0.3 is 0 Å². The van der Waals surface area contributed by atoms with Crippen molar-refractivity contribution in [2.45, 2.75) is 25.0 Å². The van der Waals surface area contributed by atoms with Gasteiger partial charge in [-0.15, -0.1) is 0 Å². The molecule has 0 saturated carbocycles. The van der Waals surface area contributed by atoms with Gasteiger partial charge in [-0.1, -0.05) is 49.4 Å². The molecule has 1 fully saturated rings. The molecular formula is C26H27N5O2. The third kappa shape index (κ3) is 5.95. The van der Waals surface area contributed by atoms with E-state index in [-0.39, 0.29) is 17.9 Å². The third-order valence-corrected chi connectivity index (χ3v) is 5.67. The summed E-state index contributed by atoms with van der Waals surface area (Å²) in [6.45, 7) is 4.36.